The number of hydrogen-bond donors (Lipinski definition) is 4. The molecule has 0 atom stereocenters. The van der Waals surface area contributed by atoms with Gasteiger partial charge in [-0.25, -0.2) is 8.42 Å². The largest absolute Gasteiger partial charge is 0.397 e. The van der Waals surface area contributed by atoms with Crippen LogP contribution in [-0.2, 0) is 20.0 Å². The maximum atomic E-state index is 12.2. The van der Waals surface area contributed by atoms with Crippen LogP contribution in [0.15, 0.2) is 64.4 Å². The fraction of sp³-hybridized carbons (Fsp3) is 0.111. The van der Waals surface area contributed by atoms with Crippen molar-refractivity contribution in [3.63, 3.8) is 0 Å². The van der Waals surface area contributed by atoms with Crippen LogP contribution in [0.25, 0.3) is 10.8 Å². The van der Waals surface area contributed by atoms with Crippen molar-refractivity contribution in [3.05, 3.63) is 54.6 Å². The molecule has 5 N–H and O–H groups in total. The normalized spacial score (nSPS) is 12.2. The Balaban J connectivity index is 2.15. The van der Waals surface area contributed by atoms with E-state index in [-0.39, 0.29) is 10.6 Å². The van der Waals surface area contributed by atoms with Crippen LogP contribution >= 0.6 is 0 Å². The average molecular weight is 422 g/mol. The molecule has 0 bridgehead atoms. The van der Waals surface area contributed by atoms with Crippen molar-refractivity contribution in [3.8, 4) is 0 Å². The van der Waals surface area contributed by atoms with Gasteiger partial charge in [-0.1, -0.05) is 30.3 Å². The van der Waals surface area contributed by atoms with Gasteiger partial charge in [0.2, 0.25) is 0 Å². The van der Waals surface area contributed by atoms with Gasteiger partial charge in [0, 0.05) is 22.1 Å². The molecule has 3 rings (SSSR count). The summed E-state index contributed by atoms with van der Waals surface area (Å²) in [6, 6.07) is 13.9. The summed E-state index contributed by atoms with van der Waals surface area (Å²) in [5.74, 6) is -0.409. The molecule has 148 valence electrons. The van der Waals surface area contributed by atoms with Crippen LogP contribution in [0.4, 0.5) is 17.1 Å². The first-order valence-electron chi connectivity index (χ1n) is 8.13. The van der Waals surface area contributed by atoms with E-state index in [9.17, 15) is 21.4 Å². The lowest BCUT2D eigenvalue weighted by Crippen LogP contribution is -2.10. The van der Waals surface area contributed by atoms with Gasteiger partial charge in [0.15, 0.2) is 9.84 Å². The minimum Gasteiger partial charge on any atom is -0.397 e. The lowest BCUT2D eigenvalue weighted by molar-refractivity contribution is 0.319. The summed E-state index contributed by atoms with van der Waals surface area (Å²) in [5, 5.41) is 12.9. The van der Waals surface area contributed by atoms with Crippen molar-refractivity contribution in [1.82, 2.24) is 0 Å². The molecule has 28 heavy (non-hydrogen) atoms. The van der Waals surface area contributed by atoms with E-state index in [2.05, 4.69) is 5.32 Å². The quantitative estimate of drug-likeness (QED) is 0.349. The Bertz CT molecular complexity index is 1250. The van der Waals surface area contributed by atoms with Gasteiger partial charge >= 0.3 is 0 Å². The zero-order chi connectivity index (χ0) is 20.5. The summed E-state index contributed by atoms with van der Waals surface area (Å²) >= 11 is 0. The van der Waals surface area contributed by atoms with Gasteiger partial charge in [-0.2, -0.15) is 8.42 Å². The van der Waals surface area contributed by atoms with Gasteiger partial charge in [-0.05, 0) is 24.3 Å². The van der Waals surface area contributed by atoms with Crippen molar-refractivity contribution >= 4 is 47.8 Å². The van der Waals surface area contributed by atoms with Crippen LogP contribution in [0, 0.1) is 0 Å². The molecular weight excluding hydrogens is 404 g/mol. The van der Waals surface area contributed by atoms with Crippen molar-refractivity contribution in [2.45, 2.75) is 9.79 Å². The van der Waals surface area contributed by atoms with E-state index in [4.69, 9.17) is 10.8 Å². The van der Waals surface area contributed by atoms with Crippen LogP contribution in [0.2, 0.25) is 0 Å². The molecule has 0 amide bonds. The fourth-order valence-corrected chi connectivity index (χ4v) is 4.57. The average Bonchev–Trinajstić information content (AvgIpc) is 2.63. The summed E-state index contributed by atoms with van der Waals surface area (Å²) in [4.78, 5) is -0.431. The van der Waals surface area contributed by atoms with Crippen LogP contribution in [0.1, 0.15) is 0 Å². The molecule has 0 unspecified atom stereocenters. The van der Waals surface area contributed by atoms with Crippen molar-refractivity contribution in [1.29, 1.82) is 0 Å². The highest BCUT2D eigenvalue weighted by Crippen LogP contribution is 2.35. The molecule has 8 nitrogen and oxygen atoms in total. The van der Waals surface area contributed by atoms with Gasteiger partial charge in [0.1, 0.15) is 4.90 Å². The Morgan fingerprint density at radius 3 is 2.25 bits per heavy atom. The number of fused-ring (bicyclic) bond motifs is 1. The Morgan fingerprint density at radius 2 is 1.61 bits per heavy atom. The number of aliphatic hydroxyl groups excluding tert-OH is 1. The van der Waals surface area contributed by atoms with Gasteiger partial charge in [-0.15, -0.1) is 0 Å². The van der Waals surface area contributed by atoms with E-state index in [0.717, 1.165) is 0 Å². The topological polar surface area (TPSA) is 147 Å². The minimum atomic E-state index is -4.57. The van der Waals surface area contributed by atoms with E-state index in [0.29, 0.717) is 22.1 Å². The van der Waals surface area contributed by atoms with Crippen LogP contribution in [0.3, 0.4) is 0 Å². The highest BCUT2D eigenvalue weighted by atomic mass is 32.2. The van der Waals surface area contributed by atoms with E-state index in [1.165, 1.54) is 24.3 Å². The first kappa shape index (κ1) is 20.1. The zero-order valence-electron chi connectivity index (χ0n) is 14.5. The molecule has 0 heterocycles. The van der Waals surface area contributed by atoms with Crippen LogP contribution < -0.4 is 11.1 Å². The summed E-state index contributed by atoms with van der Waals surface area (Å²) in [7, 11) is -8.22. The molecule has 0 aromatic heterocycles. The minimum absolute atomic E-state index is 0.0151. The number of aliphatic hydroxyl groups is 1. The molecule has 0 saturated carbocycles. The van der Waals surface area contributed by atoms with E-state index >= 15 is 0 Å². The Kier molecular flexibility index (Phi) is 5.31. The third-order valence-electron chi connectivity index (χ3n) is 4.16. The Morgan fingerprint density at radius 1 is 0.929 bits per heavy atom. The Hall–Kier alpha value is -2.66. The van der Waals surface area contributed by atoms with Crippen molar-refractivity contribution < 1.29 is 26.5 Å². The lowest BCUT2D eigenvalue weighted by atomic mass is 10.1. The van der Waals surface area contributed by atoms with Gasteiger partial charge in [0.25, 0.3) is 10.1 Å². The predicted molar refractivity (Wildman–Crippen MR) is 107 cm³/mol. The highest BCUT2D eigenvalue weighted by molar-refractivity contribution is 7.91. The number of nitrogen functional groups attached to an aromatic ring is 1. The fourth-order valence-electron chi connectivity index (χ4n) is 2.85. The summed E-state index contributed by atoms with van der Waals surface area (Å²) in [6.07, 6.45) is 0. The predicted octanol–water partition coefficient (Wildman–Crippen LogP) is 2.18. The second-order valence-electron chi connectivity index (χ2n) is 6.05. The summed E-state index contributed by atoms with van der Waals surface area (Å²) in [5.41, 5.74) is 6.54. The molecule has 0 fully saturated rings. The Labute approximate surface area is 162 Å². The number of nitrogens with two attached hydrogens (primary N) is 1. The van der Waals surface area contributed by atoms with Crippen LogP contribution in [0.5, 0.6) is 0 Å². The second kappa shape index (κ2) is 7.40. The van der Waals surface area contributed by atoms with Gasteiger partial charge in [0.05, 0.1) is 22.9 Å². The molecule has 3 aromatic carbocycles. The first-order valence-corrected chi connectivity index (χ1v) is 11.2. The SMILES string of the molecule is Nc1c(S(=O)(=O)O)cc(Nc2cccc(S(=O)(=O)CCO)c2)c2ccccc12. The van der Waals surface area contributed by atoms with Crippen molar-refractivity contribution in [2.24, 2.45) is 0 Å². The number of nitrogens with one attached hydrogen (secondary N) is 1. The number of rotatable bonds is 6. The lowest BCUT2D eigenvalue weighted by Gasteiger charge is -2.15. The zero-order valence-corrected chi connectivity index (χ0v) is 16.2. The number of hydrogen-bond acceptors (Lipinski definition) is 7. The molecule has 0 aliphatic carbocycles. The molecular formula is C18H18N2O6S2. The molecule has 3 aromatic rings. The van der Waals surface area contributed by atoms with Gasteiger partial charge in [-0.3, -0.25) is 4.55 Å². The number of benzene rings is 3. The molecule has 0 saturated heterocycles. The number of sulfone groups is 1. The highest BCUT2D eigenvalue weighted by Gasteiger charge is 2.19. The third-order valence-corrected chi connectivity index (χ3v) is 6.74. The maximum Gasteiger partial charge on any atom is 0.296 e. The third kappa shape index (κ3) is 3.94. The van der Waals surface area contributed by atoms with Crippen LogP contribution in [-0.4, -0.2) is 38.9 Å². The summed E-state index contributed by atoms with van der Waals surface area (Å²) in [6.45, 7) is -0.500. The standard InChI is InChI=1S/C18H18N2O6S2/c19-18-15-7-2-1-6-14(15)16(11-17(18)28(24,25)26)20-12-4-3-5-13(10-12)27(22,23)9-8-21/h1-7,10-11,20-21H,8-9,19H2,(H,24,25,26). The molecule has 0 spiro atoms. The summed E-state index contributed by atoms with van der Waals surface area (Å²) < 4.78 is 57.2. The van der Waals surface area contributed by atoms with Crippen molar-refractivity contribution in [2.75, 3.05) is 23.4 Å². The monoisotopic (exact) mass is 422 g/mol. The number of anilines is 3. The first-order chi connectivity index (χ1) is 13.1. The smallest absolute Gasteiger partial charge is 0.296 e. The van der Waals surface area contributed by atoms with E-state index in [1.807, 2.05) is 0 Å². The molecule has 10 heteroatoms. The van der Waals surface area contributed by atoms with E-state index in [1.54, 1.807) is 30.3 Å². The molecule has 0 radical (unpaired) electrons. The molecule has 0 aliphatic heterocycles. The maximum absolute atomic E-state index is 12.2. The molecule has 0 aliphatic rings. The van der Waals surface area contributed by atoms with E-state index < -0.39 is 37.2 Å². The van der Waals surface area contributed by atoms with Gasteiger partial charge < -0.3 is 16.2 Å². The second-order valence-corrected chi connectivity index (χ2v) is 9.55.